The fourth-order valence-corrected chi connectivity index (χ4v) is 4.75. The van der Waals surface area contributed by atoms with E-state index in [4.69, 9.17) is 22.5 Å². The molecule has 0 aromatic carbocycles. The van der Waals surface area contributed by atoms with E-state index in [9.17, 15) is 0 Å². The van der Waals surface area contributed by atoms with Gasteiger partial charge in [-0.15, -0.1) is 0 Å². The highest BCUT2D eigenvalue weighted by Crippen LogP contribution is 2.44. The van der Waals surface area contributed by atoms with E-state index in [0.29, 0.717) is 29.6 Å². The van der Waals surface area contributed by atoms with Gasteiger partial charge < -0.3 is 9.84 Å². The third-order valence-electron chi connectivity index (χ3n) is 6.24. The summed E-state index contributed by atoms with van der Waals surface area (Å²) in [6.07, 6.45) is 6.97. The van der Waals surface area contributed by atoms with Gasteiger partial charge in [-0.2, -0.15) is 12.6 Å². The van der Waals surface area contributed by atoms with Crippen LogP contribution in [0.3, 0.4) is 0 Å². The fourth-order valence-electron chi connectivity index (χ4n) is 4.37. The highest BCUT2D eigenvalue weighted by atomic mass is 32.1. The van der Waals surface area contributed by atoms with Crippen LogP contribution in [0.2, 0.25) is 0 Å². The lowest BCUT2D eigenvalue weighted by atomic mass is 9.67. The van der Waals surface area contributed by atoms with Crippen molar-refractivity contribution in [2.45, 2.75) is 78.4 Å². The molecule has 4 heteroatoms. The first-order valence-corrected chi connectivity index (χ1v) is 10.3. The van der Waals surface area contributed by atoms with Crippen LogP contribution < -0.4 is 0 Å². The molecular formula is C21H39NO2S. The van der Waals surface area contributed by atoms with Crippen LogP contribution in [0, 0.1) is 23.2 Å². The van der Waals surface area contributed by atoms with Gasteiger partial charge in [0.2, 0.25) is 0 Å². The van der Waals surface area contributed by atoms with Crippen molar-refractivity contribution in [3.8, 4) is 0 Å². The molecule has 0 amide bonds. The van der Waals surface area contributed by atoms with Gasteiger partial charge in [0.1, 0.15) is 6.79 Å². The predicted octanol–water partition coefficient (Wildman–Crippen LogP) is 5.49. The van der Waals surface area contributed by atoms with Crippen molar-refractivity contribution in [1.82, 2.24) is 0 Å². The first-order valence-electron chi connectivity index (χ1n) is 9.82. The number of allylic oxidation sites excluding steroid dienone is 2. The van der Waals surface area contributed by atoms with E-state index in [-0.39, 0.29) is 12.2 Å². The van der Waals surface area contributed by atoms with Crippen LogP contribution in [-0.2, 0) is 4.74 Å². The standard InChI is InChI=1S/C21H39NO2S/c1-7-8-15(2)19(22-6)17(4)20(25)16(3)18-9-11-21(5,12-10-18)13-24-14-23/h16-18,20,23,25H,6-14H2,1-5H3/b19-15-/t16-,17?,18?,20?,21?/m1/s1. The van der Waals surface area contributed by atoms with Gasteiger partial charge in [0, 0.05) is 16.9 Å². The Kier molecular flexibility index (Phi) is 9.76. The predicted molar refractivity (Wildman–Crippen MR) is 111 cm³/mol. The van der Waals surface area contributed by atoms with Crippen molar-refractivity contribution in [2.24, 2.45) is 28.2 Å². The Hall–Kier alpha value is -0.320. The van der Waals surface area contributed by atoms with Gasteiger partial charge in [-0.05, 0) is 63.0 Å². The van der Waals surface area contributed by atoms with E-state index in [1.165, 1.54) is 18.4 Å². The number of aliphatic hydroxyl groups excluding tert-OH is 1. The van der Waals surface area contributed by atoms with Crippen LogP contribution in [0.4, 0.5) is 0 Å². The van der Waals surface area contributed by atoms with Gasteiger partial charge in [-0.1, -0.05) is 39.7 Å². The number of aliphatic imine (C=N–C) groups is 1. The van der Waals surface area contributed by atoms with Crippen molar-refractivity contribution in [1.29, 1.82) is 0 Å². The Balaban J connectivity index is 2.69. The molecule has 0 aromatic rings. The zero-order chi connectivity index (χ0) is 19.0. The van der Waals surface area contributed by atoms with E-state index in [0.717, 1.165) is 31.4 Å². The Morgan fingerprint density at radius 3 is 2.44 bits per heavy atom. The molecular weight excluding hydrogens is 330 g/mol. The van der Waals surface area contributed by atoms with Crippen molar-refractivity contribution in [2.75, 3.05) is 13.4 Å². The van der Waals surface area contributed by atoms with Crippen LogP contribution >= 0.6 is 12.6 Å². The average Bonchev–Trinajstić information content (AvgIpc) is 2.60. The largest absolute Gasteiger partial charge is 0.371 e. The number of hydrogen-bond acceptors (Lipinski definition) is 4. The SMILES string of the molecule is C=N/C(=C(/C)CCC)C(C)C(S)[C@H](C)C1CCC(C)(COCO)CC1. The van der Waals surface area contributed by atoms with E-state index in [1.807, 2.05) is 0 Å². The van der Waals surface area contributed by atoms with Gasteiger partial charge in [-0.3, -0.25) is 4.99 Å². The summed E-state index contributed by atoms with van der Waals surface area (Å²) >= 11 is 5.01. The molecule has 1 aliphatic rings. The normalized spacial score (nSPS) is 28.8. The summed E-state index contributed by atoms with van der Waals surface area (Å²) in [4.78, 5) is 4.35. The highest BCUT2D eigenvalue weighted by Gasteiger charge is 2.36. The second kappa shape index (κ2) is 10.7. The average molecular weight is 370 g/mol. The molecule has 0 bridgehead atoms. The van der Waals surface area contributed by atoms with Crippen LogP contribution in [-0.4, -0.2) is 30.5 Å². The molecule has 3 nitrogen and oxygen atoms in total. The van der Waals surface area contributed by atoms with Crippen LogP contribution in [0.15, 0.2) is 16.3 Å². The van der Waals surface area contributed by atoms with E-state index in [1.54, 1.807) is 0 Å². The molecule has 0 aromatic heterocycles. The van der Waals surface area contributed by atoms with E-state index in [2.05, 4.69) is 46.3 Å². The summed E-state index contributed by atoms with van der Waals surface area (Å²) in [6, 6.07) is 0. The molecule has 0 heterocycles. The molecule has 0 aliphatic heterocycles. The number of aliphatic hydroxyl groups is 1. The number of nitrogens with zero attached hydrogens (tertiary/aromatic N) is 1. The Bertz CT molecular complexity index is 441. The van der Waals surface area contributed by atoms with Gasteiger partial charge in [0.25, 0.3) is 0 Å². The Morgan fingerprint density at radius 2 is 1.96 bits per heavy atom. The monoisotopic (exact) mass is 369 g/mol. The summed E-state index contributed by atoms with van der Waals surface area (Å²) in [5.74, 6) is 1.57. The zero-order valence-electron chi connectivity index (χ0n) is 16.9. The quantitative estimate of drug-likeness (QED) is 0.303. The zero-order valence-corrected chi connectivity index (χ0v) is 17.8. The van der Waals surface area contributed by atoms with Gasteiger partial charge in [0.15, 0.2) is 0 Å². The number of hydrogen-bond donors (Lipinski definition) is 2. The Labute approximate surface area is 160 Å². The molecule has 3 atom stereocenters. The lowest BCUT2D eigenvalue weighted by molar-refractivity contribution is -0.0546. The molecule has 1 rings (SSSR count). The maximum Gasteiger partial charge on any atom is 0.143 e. The molecule has 0 spiro atoms. The second-order valence-electron chi connectivity index (χ2n) is 8.34. The maximum atomic E-state index is 8.89. The molecule has 0 saturated heterocycles. The number of thiol groups is 1. The van der Waals surface area contributed by atoms with Crippen LogP contribution in [0.1, 0.15) is 73.1 Å². The molecule has 1 N–H and O–H groups in total. The molecule has 0 radical (unpaired) electrons. The molecule has 1 aliphatic carbocycles. The second-order valence-corrected chi connectivity index (χ2v) is 8.93. The molecule has 146 valence electrons. The first kappa shape index (κ1) is 22.7. The van der Waals surface area contributed by atoms with Gasteiger partial charge in [-0.25, -0.2) is 0 Å². The third-order valence-corrected chi connectivity index (χ3v) is 7.16. The highest BCUT2D eigenvalue weighted by molar-refractivity contribution is 7.81. The molecule has 2 unspecified atom stereocenters. The van der Waals surface area contributed by atoms with Crippen molar-refractivity contribution >= 4 is 19.3 Å². The number of ether oxygens (including phenoxy) is 1. The molecule has 1 fully saturated rings. The topological polar surface area (TPSA) is 41.8 Å². The van der Waals surface area contributed by atoms with Gasteiger partial charge in [0.05, 0.1) is 6.61 Å². The fraction of sp³-hybridized carbons (Fsp3) is 0.857. The first-order chi connectivity index (χ1) is 11.8. The minimum Gasteiger partial charge on any atom is -0.371 e. The number of rotatable bonds is 10. The van der Waals surface area contributed by atoms with Crippen LogP contribution in [0.5, 0.6) is 0 Å². The summed E-state index contributed by atoms with van der Waals surface area (Å²) in [5, 5.41) is 9.19. The minimum atomic E-state index is -0.174. The lowest BCUT2D eigenvalue weighted by Gasteiger charge is -2.41. The van der Waals surface area contributed by atoms with Crippen molar-refractivity contribution in [3.63, 3.8) is 0 Å². The lowest BCUT2D eigenvalue weighted by Crippen LogP contribution is -2.35. The minimum absolute atomic E-state index is 0.174. The Morgan fingerprint density at radius 1 is 1.36 bits per heavy atom. The molecule has 1 saturated carbocycles. The van der Waals surface area contributed by atoms with Gasteiger partial charge >= 0.3 is 0 Å². The molecule has 25 heavy (non-hydrogen) atoms. The summed E-state index contributed by atoms with van der Waals surface area (Å²) in [5.41, 5.74) is 2.71. The maximum absolute atomic E-state index is 8.89. The summed E-state index contributed by atoms with van der Waals surface area (Å²) in [6.45, 7) is 15.6. The van der Waals surface area contributed by atoms with Crippen molar-refractivity contribution < 1.29 is 9.84 Å². The van der Waals surface area contributed by atoms with Crippen LogP contribution in [0.25, 0.3) is 0 Å². The smallest absolute Gasteiger partial charge is 0.143 e. The summed E-state index contributed by atoms with van der Waals surface area (Å²) in [7, 11) is 0. The van der Waals surface area contributed by atoms with Crippen molar-refractivity contribution in [3.05, 3.63) is 11.3 Å². The summed E-state index contributed by atoms with van der Waals surface area (Å²) < 4.78 is 5.27. The van der Waals surface area contributed by atoms with E-state index >= 15 is 0 Å². The van der Waals surface area contributed by atoms with E-state index < -0.39 is 0 Å². The third kappa shape index (κ3) is 6.41.